The first-order valence-electron chi connectivity index (χ1n) is 11.4. The molecule has 0 atom stereocenters. The number of ether oxygens (including phenoxy) is 2. The highest BCUT2D eigenvalue weighted by Gasteiger charge is 2.14. The van der Waals surface area contributed by atoms with Crippen LogP contribution >= 0.6 is 15.9 Å². The van der Waals surface area contributed by atoms with E-state index in [0.717, 1.165) is 32.3 Å². The monoisotopic (exact) mass is 546 g/mol. The first-order chi connectivity index (χ1) is 17.5. The molecule has 0 aliphatic heterocycles. The highest BCUT2D eigenvalue weighted by atomic mass is 79.9. The van der Waals surface area contributed by atoms with Gasteiger partial charge in [-0.1, -0.05) is 28.1 Å². The van der Waals surface area contributed by atoms with E-state index in [0.29, 0.717) is 36.3 Å². The van der Waals surface area contributed by atoms with E-state index >= 15 is 0 Å². The second kappa shape index (κ2) is 10.3. The molecule has 0 aliphatic rings. The quantitative estimate of drug-likeness (QED) is 0.264. The van der Waals surface area contributed by atoms with E-state index in [4.69, 9.17) is 13.9 Å². The van der Waals surface area contributed by atoms with Crippen LogP contribution in [0.15, 0.2) is 86.6 Å². The van der Waals surface area contributed by atoms with Crippen LogP contribution in [0.2, 0.25) is 0 Å². The van der Waals surface area contributed by atoms with Crippen molar-refractivity contribution in [3.05, 3.63) is 105 Å². The number of rotatable bonds is 8. The van der Waals surface area contributed by atoms with Gasteiger partial charge in [0.05, 0.1) is 12.5 Å². The lowest BCUT2D eigenvalue weighted by molar-refractivity contribution is 0.0927. The van der Waals surface area contributed by atoms with Gasteiger partial charge in [0.15, 0.2) is 11.2 Å². The molecule has 3 aromatic carbocycles. The predicted octanol–water partition coefficient (Wildman–Crippen LogP) is 5.60. The lowest BCUT2D eigenvalue weighted by Crippen LogP contribution is -2.26. The van der Waals surface area contributed by atoms with Gasteiger partial charge >= 0.3 is 0 Å². The summed E-state index contributed by atoms with van der Waals surface area (Å²) >= 11 is 3.41. The molecule has 0 unspecified atom stereocenters. The van der Waals surface area contributed by atoms with Crippen LogP contribution in [0.25, 0.3) is 21.9 Å². The van der Waals surface area contributed by atoms with Gasteiger partial charge in [-0.25, -0.2) is 0 Å². The lowest BCUT2D eigenvalue weighted by atomic mass is 10.1. The van der Waals surface area contributed by atoms with Gasteiger partial charge in [0, 0.05) is 34.2 Å². The number of amides is 1. The molecule has 0 radical (unpaired) electrons. The number of aromatic nitrogens is 1. The van der Waals surface area contributed by atoms with Crippen LogP contribution in [-0.4, -0.2) is 24.5 Å². The minimum absolute atomic E-state index is 0.0309. The third kappa shape index (κ3) is 5.13. The van der Waals surface area contributed by atoms with Crippen molar-refractivity contribution in [1.82, 2.24) is 10.3 Å². The Morgan fingerprint density at radius 2 is 1.78 bits per heavy atom. The summed E-state index contributed by atoms with van der Waals surface area (Å²) in [6.45, 7) is 0.751. The molecule has 7 nitrogen and oxygen atoms in total. The zero-order valence-corrected chi connectivity index (χ0v) is 21.1. The van der Waals surface area contributed by atoms with Crippen LogP contribution < -0.4 is 20.2 Å². The number of hydrogen-bond acceptors (Lipinski definition) is 5. The van der Waals surface area contributed by atoms with Crippen LogP contribution in [0.4, 0.5) is 0 Å². The number of aromatic amines is 1. The molecule has 36 heavy (non-hydrogen) atoms. The van der Waals surface area contributed by atoms with E-state index in [1.165, 1.54) is 6.07 Å². The van der Waals surface area contributed by atoms with Gasteiger partial charge in [-0.3, -0.25) is 9.59 Å². The van der Waals surface area contributed by atoms with Gasteiger partial charge in [-0.2, -0.15) is 0 Å². The highest BCUT2D eigenvalue weighted by Crippen LogP contribution is 2.24. The molecule has 0 saturated heterocycles. The number of methoxy groups -OCH3 is 1. The molecule has 5 aromatic rings. The van der Waals surface area contributed by atoms with Crippen molar-refractivity contribution >= 4 is 43.7 Å². The van der Waals surface area contributed by atoms with Crippen LogP contribution in [0.1, 0.15) is 21.7 Å². The second-order valence-corrected chi connectivity index (χ2v) is 9.20. The molecule has 2 N–H and O–H groups in total. The largest absolute Gasteiger partial charge is 0.497 e. The smallest absolute Gasteiger partial charge is 0.287 e. The first-order valence-corrected chi connectivity index (χ1v) is 12.2. The molecule has 2 aromatic heterocycles. The average molecular weight is 547 g/mol. The summed E-state index contributed by atoms with van der Waals surface area (Å²) in [6.07, 6.45) is 2.53. The number of hydrogen-bond donors (Lipinski definition) is 2. The fraction of sp³-hybridized carbons (Fsp3) is 0.143. The van der Waals surface area contributed by atoms with Crippen molar-refractivity contribution in [1.29, 1.82) is 0 Å². The standard InChI is InChI=1S/C28H23BrN2O5/c1-34-20-6-8-24-22(12-20)18(15-31-24)10-11-30-28(33)27-14-25(32)23-13-21(7-9-26(23)36-27)35-16-17-2-4-19(29)5-3-17/h2-9,12-15,31H,10-11,16H2,1H3,(H,30,33). The SMILES string of the molecule is COc1ccc2[nH]cc(CCNC(=O)c3cc(=O)c4cc(OCc5ccc(Br)cc5)ccc4o3)c2c1. The number of benzene rings is 3. The maximum absolute atomic E-state index is 12.7. The Bertz CT molecular complexity index is 1600. The zero-order valence-electron chi connectivity index (χ0n) is 19.5. The minimum atomic E-state index is -0.443. The number of carbonyl (C=O) groups excluding carboxylic acids is 1. The van der Waals surface area contributed by atoms with E-state index in [2.05, 4.69) is 26.2 Å². The van der Waals surface area contributed by atoms with Crippen molar-refractivity contribution in [3.8, 4) is 11.5 Å². The second-order valence-electron chi connectivity index (χ2n) is 8.28. The normalized spacial score (nSPS) is 11.1. The van der Waals surface area contributed by atoms with Crippen LogP contribution in [0.5, 0.6) is 11.5 Å². The molecule has 1 amide bonds. The Kier molecular flexibility index (Phi) is 6.77. The molecule has 2 heterocycles. The third-order valence-corrected chi connectivity index (χ3v) is 6.42. The summed E-state index contributed by atoms with van der Waals surface area (Å²) in [5.74, 6) is 0.844. The van der Waals surface area contributed by atoms with E-state index in [9.17, 15) is 9.59 Å². The number of carbonyl (C=O) groups is 1. The number of halogens is 1. The van der Waals surface area contributed by atoms with Crippen molar-refractivity contribution < 1.29 is 18.7 Å². The van der Waals surface area contributed by atoms with Crippen LogP contribution in [-0.2, 0) is 13.0 Å². The van der Waals surface area contributed by atoms with Gasteiger partial charge in [0.1, 0.15) is 23.7 Å². The van der Waals surface area contributed by atoms with Crippen LogP contribution in [0, 0.1) is 0 Å². The predicted molar refractivity (Wildman–Crippen MR) is 142 cm³/mol. The fourth-order valence-electron chi connectivity index (χ4n) is 3.97. The molecule has 0 spiro atoms. The first kappa shape index (κ1) is 23.7. The van der Waals surface area contributed by atoms with Crippen molar-refractivity contribution in [3.63, 3.8) is 0 Å². The van der Waals surface area contributed by atoms with Gasteiger partial charge in [0.2, 0.25) is 0 Å². The van der Waals surface area contributed by atoms with Crippen LogP contribution in [0.3, 0.4) is 0 Å². The van der Waals surface area contributed by atoms with Crippen molar-refractivity contribution in [2.45, 2.75) is 13.0 Å². The molecule has 182 valence electrons. The maximum Gasteiger partial charge on any atom is 0.287 e. The van der Waals surface area contributed by atoms with E-state index in [1.54, 1.807) is 25.3 Å². The molecule has 8 heteroatoms. The fourth-order valence-corrected chi connectivity index (χ4v) is 4.24. The Hall–Kier alpha value is -4.04. The molecule has 0 aliphatic carbocycles. The average Bonchev–Trinajstić information content (AvgIpc) is 3.30. The maximum atomic E-state index is 12.7. The molecular weight excluding hydrogens is 524 g/mol. The molecule has 0 bridgehead atoms. The summed E-state index contributed by atoms with van der Waals surface area (Å²) < 4.78 is 17.8. The zero-order chi connectivity index (χ0) is 25.1. The molecule has 5 rings (SSSR count). The van der Waals surface area contributed by atoms with E-state index < -0.39 is 5.91 Å². The topological polar surface area (TPSA) is 93.6 Å². The summed E-state index contributed by atoms with van der Waals surface area (Å²) in [6, 6.07) is 19.8. The molecular formula is C28H23BrN2O5. The molecule has 0 saturated carbocycles. The Morgan fingerprint density at radius 3 is 2.58 bits per heavy atom. The number of nitrogens with one attached hydrogen (secondary N) is 2. The highest BCUT2D eigenvalue weighted by molar-refractivity contribution is 9.10. The Balaban J connectivity index is 1.24. The van der Waals surface area contributed by atoms with Crippen molar-refractivity contribution in [2.75, 3.05) is 13.7 Å². The Labute approximate surface area is 215 Å². The number of fused-ring (bicyclic) bond motifs is 2. The number of H-pyrrole nitrogens is 1. The third-order valence-electron chi connectivity index (χ3n) is 5.90. The summed E-state index contributed by atoms with van der Waals surface area (Å²) in [7, 11) is 1.63. The van der Waals surface area contributed by atoms with Gasteiger partial charge in [-0.15, -0.1) is 0 Å². The summed E-state index contributed by atoms with van der Waals surface area (Å²) in [5.41, 5.74) is 3.08. The van der Waals surface area contributed by atoms with Crippen molar-refractivity contribution in [2.24, 2.45) is 0 Å². The summed E-state index contributed by atoms with van der Waals surface area (Å²) in [5, 5.41) is 4.23. The van der Waals surface area contributed by atoms with Gasteiger partial charge in [0.25, 0.3) is 5.91 Å². The van der Waals surface area contributed by atoms with E-state index in [-0.39, 0.29) is 11.2 Å². The Morgan fingerprint density at radius 1 is 1.00 bits per heavy atom. The summed E-state index contributed by atoms with van der Waals surface area (Å²) in [4.78, 5) is 28.6. The van der Waals surface area contributed by atoms with E-state index in [1.807, 2.05) is 48.7 Å². The molecule has 0 fully saturated rings. The minimum Gasteiger partial charge on any atom is -0.497 e. The van der Waals surface area contributed by atoms with Gasteiger partial charge in [-0.05, 0) is 66.1 Å². The lowest BCUT2D eigenvalue weighted by Gasteiger charge is -2.08. The van der Waals surface area contributed by atoms with Gasteiger partial charge < -0.3 is 24.2 Å².